The number of carbonyl (C=O) groups excluding carboxylic acids is 1. The van der Waals surface area contributed by atoms with Gasteiger partial charge in [0, 0.05) is 19.0 Å². The molecule has 0 radical (unpaired) electrons. The lowest BCUT2D eigenvalue weighted by atomic mass is 10.0. The number of amides is 1. The Morgan fingerprint density at radius 3 is 2.61 bits per heavy atom. The molecule has 3 N–H and O–H groups in total. The first kappa shape index (κ1) is 19.8. The van der Waals surface area contributed by atoms with Gasteiger partial charge in [0.2, 0.25) is 5.95 Å². The Morgan fingerprint density at radius 2 is 1.93 bits per heavy atom. The summed E-state index contributed by atoms with van der Waals surface area (Å²) in [7, 11) is 1.57. The average Bonchev–Trinajstić information content (AvgIpc) is 2.69. The number of benzene rings is 2. The lowest BCUT2D eigenvalue weighted by Gasteiger charge is -2.13. The molecule has 0 atom stereocenters. The standard InChI is InChI=1S/C21H21BrN4O2/c1-13-18(20(27)24-2)19(26-21(23)25-13)15-8-9-17(16(22)12-15)28-11-10-14-6-4-3-5-7-14/h3-9,12H,10-11H2,1-2H3,(H,24,27)(H2,23,25,26). The minimum absolute atomic E-state index is 0.125. The highest BCUT2D eigenvalue weighted by molar-refractivity contribution is 9.10. The third-order valence-corrected chi connectivity index (χ3v) is 4.88. The van der Waals surface area contributed by atoms with Crippen LogP contribution in [0.5, 0.6) is 5.75 Å². The summed E-state index contributed by atoms with van der Waals surface area (Å²) < 4.78 is 6.67. The second-order valence-corrected chi connectivity index (χ2v) is 7.05. The van der Waals surface area contributed by atoms with Gasteiger partial charge in [0.05, 0.1) is 28.0 Å². The second kappa shape index (κ2) is 8.84. The maximum atomic E-state index is 12.3. The molecule has 144 valence electrons. The molecule has 0 unspecified atom stereocenters. The van der Waals surface area contributed by atoms with Gasteiger partial charge in [-0.3, -0.25) is 4.79 Å². The molecule has 3 aromatic rings. The lowest BCUT2D eigenvalue weighted by molar-refractivity contribution is 0.0962. The van der Waals surface area contributed by atoms with Crippen molar-refractivity contribution in [3.8, 4) is 17.0 Å². The number of anilines is 1. The monoisotopic (exact) mass is 440 g/mol. The van der Waals surface area contributed by atoms with E-state index in [4.69, 9.17) is 10.5 Å². The molecular formula is C21H21BrN4O2. The first-order valence-electron chi connectivity index (χ1n) is 8.82. The van der Waals surface area contributed by atoms with E-state index in [-0.39, 0.29) is 11.9 Å². The van der Waals surface area contributed by atoms with Gasteiger partial charge in [0.25, 0.3) is 5.91 Å². The molecule has 0 aliphatic rings. The molecule has 0 bridgehead atoms. The zero-order valence-corrected chi connectivity index (χ0v) is 17.3. The van der Waals surface area contributed by atoms with E-state index in [1.165, 1.54) is 5.56 Å². The van der Waals surface area contributed by atoms with E-state index < -0.39 is 0 Å². The van der Waals surface area contributed by atoms with Crippen molar-refractivity contribution in [1.82, 2.24) is 15.3 Å². The first-order chi connectivity index (χ1) is 13.5. The van der Waals surface area contributed by atoms with Crippen molar-refractivity contribution in [1.29, 1.82) is 0 Å². The average molecular weight is 441 g/mol. The Hall–Kier alpha value is -2.93. The van der Waals surface area contributed by atoms with E-state index in [0.717, 1.165) is 22.2 Å². The highest BCUT2D eigenvalue weighted by Gasteiger charge is 2.19. The van der Waals surface area contributed by atoms with Crippen LogP contribution in [-0.4, -0.2) is 29.5 Å². The normalized spacial score (nSPS) is 10.5. The molecule has 3 rings (SSSR count). The highest BCUT2D eigenvalue weighted by Crippen LogP contribution is 2.32. The van der Waals surface area contributed by atoms with Gasteiger partial charge in [-0.25, -0.2) is 9.97 Å². The second-order valence-electron chi connectivity index (χ2n) is 6.20. The van der Waals surface area contributed by atoms with E-state index in [9.17, 15) is 4.79 Å². The van der Waals surface area contributed by atoms with Crippen molar-refractivity contribution in [2.45, 2.75) is 13.3 Å². The van der Waals surface area contributed by atoms with Crippen molar-refractivity contribution < 1.29 is 9.53 Å². The predicted octanol–water partition coefficient (Wildman–Crippen LogP) is 3.78. The number of rotatable bonds is 6. The van der Waals surface area contributed by atoms with Gasteiger partial charge in [-0.05, 0) is 46.6 Å². The van der Waals surface area contributed by atoms with Crippen molar-refractivity contribution in [3.05, 3.63) is 69.8 Å². The lowest BCUT2D eigenvalue weighted by Crippen LogP contribution is -2.21. The molecule has 0 spiro atoms. The fourth-order valence-corrected chi connectivity index (χ4v) is 3.38. The third-order valence-electron chi connectivity index (χ3n) is 4.26. The van der Waals surface area contributed by atoms with Gasteiger partial charge in [0.15, 0.2) is 0 Å². The molecule has 0 saturated heterocycles. The van der Waals surface area contributed by atoms with Crippen LogP contribution in [-0.2, 0) is 6.42 Å². The molecule has 0 fully saturated rings. The summed E-state index contributed by atoms with van der Waals surface area (Å²) in [6, 6.07) is 15.7. The fraction of sp³-hybridized carbons (Fsp3) is 0.190. The van der Waals surface area contributed by atoms with Gasteiger partial charge >= 0.3 is 0 Å². The van der Waals surface area contributed by atoms with Crippen LogP contribution in [0.1, 0.15) is 21.6 Å². The Morgan fingerprint density at radius 1 is 1.18 bits per heavy atom. The van der Waals surface area contributed by atoms with E-state index in [1.54, 1.807) is 14.0 Å². The van der Waals surface area contributed by atoms with Gasteiger partial charge in [-0.2, -0.15) is 0 Å². The molecular weight excluding hydrogens is 420 g/mol. The minimum Gasteiger partial charge on any atom is -0.492 e. The van der Waals surface area contributed by atoms with Crippen LogP contribution >= 0.6 is 15.9 Å². The van der Waals surface area contributed by atoms with E-state index in [1.807, 2.05) is 36.4 Å². The van der Waals surface area contributed by atoms with E-state index >= 15 is 0 Å². The number of nitrogens with zero attached hydrogens (tertiary/aromatic N) is 2. The molecule has 0 aliphatic carbocycles. The maximum absolute atomic E-state index is 12.3. The summed E-state index contributed by atoms with van der Waals surface area (Å²) >= 11 is 3.55. The number of halogens is 1. The molecule has 1 amide bonds. The predicted molar refractivity (Wildman–Crippen MR) is 113 cm³/mol. The van der Waals surface area contributed by atoms with Gasteiger partial charge in [-0.1, -0.05) is 30.3 Å². The number of aryl methyl sites for hydroxylation is 1. The molecule has 0 saturated carbocycles. The summed E-state index contributed by atoms with van der Waals surface area (Å²) in [6.07, 6.45) is 0.817. The Balaban J connectivity index is 1.83. The largest absolute Gasteiger partial charge is 0.492 e. The Kier molecular flexibility index (Phi) is 6.26. The van der Waals surface area contributed by atoms with Crippen molar-refractivity contribution >= 4 is 27.8 Å². The number of aromatic nitrogens is 2. The minimum atomic E-state index is -0.258. The van der Waals surface area contributed by atoms with Crippen LogP contribution in [0.15, 0.2) is 53.0 Å². The maximum Gasteiger partial charge on any atom is 0.255 e. The number of hydrogen-bond acceptors (Lipinski definition) is 5. The number of nitrogens with one attached hydrogen (secondary N) is 1. The van der Waals surface area contributed by atoms with Crippen LogP contribution in [0, 0.1) is 6.92 Å². The molecule has 0 aliphatic heterocycles. The first-order valence-corrected chi connectivity index (χ1v) is 9.61. The van der Waals surface area contributed by atoms with Crippen molar-refractivity contribution in [2.24, 2.45) is 0 Å². The van der Waals surface area contributed by atoms with Gasteiger partial charge < -0.3 is 15.8 Å². The summed E-state index contributed by atoms with van der Waals surface area (Å²) in [4.78, 5) is 20.7. The third kappa shape index (κ3) is 4.48. The van der Waals surface area contributed by atoms with Crippen molar-refractivity contribution in [2.75, 3.05) is 19.4 Å². The topological polar surface area (TPSA) is 90.1 Å². The van der Waals surface area contributed by atoms with Crippen LogP contribution in [0.4, 0.5) is 5.95 Å². The molecule has 7 heteroatoms. The number of nitrogens with two attached hydrogens (primary N) is 1. The van der Waals surface area contributed by atoms with Crippen LogP contribution in [0.2, 0.25) is 0 Å². The quantitative estimate of drug-likeness (QED) is 0.608. The fourth-order valence-electron chi connectivity index (χ4n) is 2.89. The van der Waals surface area contributed by atoms with Crippen LogP contribution in [0.3, 0.4) is 0 Å². The Labute approximate surface area is 172 Å². The number of ether oxygens (including phenoxy) is 1. The molecule has 28 heavy (non-hydrogen) atoms. The SMILES string of the molecule is CNC(=O)c1c(C)nc(N)nc1-c1ccc(OCCc2ccccc2)c(Br)c1. The van der Waals surface area contributed by atoms with Crippen LogP contribution in [0.25, 0.3) is 11.3 Å². The Bertz CT molecular complexity index is 993. The smallest absolute Gasteiger partial charge is 0.255 e. The molecule has 6 nitrogen and oxygen atoms in total. The summed E-state index contributed by atoms with van der Waals surface area (Å²) in [5.74, 6) is 0.589. The number of nitrogen functional groups attached to an aromatic ring is 1. The van der Waals surface area contributed by atoms with E-state index in [2.05, 4.69) is 43.3 Å². The zero-order chi connectivity index (χ0) is 20.1. The summed E-state index contributed by atoms with van der Waals surface area (Å²) in [6.45, 7) is 2.30. The van der Waals surface area contributed by atoms with Crippen LogP contribution < -0.4 is 15.8 Å². The molecule has 1 aromatic heterocycles. The van der Waals surface area contributed by atoms with E-state index in [0.29, 0.717) is 23.6 Å². The van der Waals surface area contributed by atoms with Crippen molar-refractivity contribution in [3.63, 3.8) is 0 Å². The zero-order valence-electron chi connectivity index (χ0n) is 15.7. The highest BCUT2D eigenvalue weighted by atomic mass is 79.9. The molecule has 2 aromatic carbocycles. The number of carbonyl (C=O) groups is 1. The van der Waals surface area contributed by atoms with Gasteiger partial charge in [-0.15, -0.1) is 0 Å². The molecule has 1 heterocycles. The summed E-state index contributed by atoms with van der Waals surface area (Å²) in [5.41, 5.74) is 9.19. The number of hydrogen-bond donors (Lipinski definition) is 2. The van der Waals surface area contributed by atoms with Gasteiger partial charge in [0.1, 0.15) is 5.75 Å². The summed E-state index contributed by atoms with van der Waals surface area (Å²) in [5, 5.41) is 2.63.